The smallest absolute Gasteiger partial charge is 0.192 e. The lowest BCUT2D eigenvalue weighted by Crippen LogP contribution is -2.27. The average Bonchev–Trinajstić information content (AvgIpc) is 2.91. The average molecular weight is 620 g/mol. The number of nitrogens with one attached hydrogen (secondary N) is 5. The molecular weight excluding hydrogens is 587 g/mol. The van der Waals surface area contributed by atoms with Crippen molar-refractivity contribution in [1.82, 2.24) is 15.6 Å². The van der Waals surface area contributed by atoms with Crippen molar-refractivity contribution < 1.29 is 14.3 Å². The molecule has 0 spiro atoms. The summed E-state index contributed by atoms with van der Waals surface area (Å²) < 4.78 is 21.1. The van der Waals surface area contributed by atoms with Gasteiger partial charge in [-0.1, -0.05) is 37.3 Å². The van der Waals surface area contributed by atoms with E-state index >= 15 is 0 Å². The molecule has 0 saturated carbocycles. The van der Waals surface area contributed by atoms with E-state index in [1.165, 1.54) is 24.4 Å². The summed E-state index contributed by atoms with van der Waals surface area (Å²) in [5.74, 6) is -0.134. The molecular formula is C28H33BrClFN6O2. The number of benzene rings is 1. The molecule has 0 radical (unpaired) electrons. The zero-order valence-electron chi connectivity index (χ0n) is 22.0. The van der Waals surface area contributed by atoms with Crippen LogP contribution >= 0.6 is 27.5 Å². The van der Waals surface area contributed by atoms with Gasteiger partial charge in [0, 0.05) is 45.4 Å². The van der Waals surface area contributed by atoms with Gasteiger partial charge in [-0.3, -0.25) is 10.6 Å². The Kier molecular flexibility index (Phi) is 12.9. The van der Waals surface area contributed by atoms with Gasteiger partial charge >= 0.3 is 0 Å². The van der Waals surface area contributed by atoms with E-state index in [0.717, 1.165) is 11.3 Å². The fraction of sp³-hybridized carbons (Fsp3) is 0.250. The fourth-order valence-electron chi connectivity index (χ4n) is 3.49. The quantitative estimate of drug-likeness (QED) is 0.0717. The molecule has 8 nitrogen and oxygen atoms in total. The molecule has 2 aromatic rings. The minimum atomic E-state index is -0.695. The lowest BCUT2D eigenvalue weighted by molar-refractivity contribution is 0.224. The molecule has 0 unspecified atom stereocenters. The van der Waals surface area contributed by atoms with Crippen LogP contribution in [0.1, 0.15) is 44.4 Å². The molecule has 0 bridgehead atoms. The molecule has 1 heterocycles. The minimum absolute atomic E-state index is 0.0960. The second-order valence-corrected chi connectivity index (χ2v) is 9.66. The van der Waals surface area contributed by atoms with Crippen LogP contribution in [0.4, 0.5) is 10.2 Å². The van der Waals surface area contributed by atoms with Gasteiger partial charge in [-0.15, -0.1) is 0 Å². The van der Waals surface area contributed by atoms with E-state index in [1.54, 1.807) is 31.2 Å². The van der Waals surface area contributed by atoms with E-state index in [1.807, 2.05) is 25.4 Å². The maximum Gasteiger partial charge on any atom is 0.192 e. The molecule has 1 atom stereocenters. The zero-order chi connectivity index (χ0) is 28.9. The number of ether oxygens (including phenoxy) is 1. The Labute approximate surface area is 241 Å². The first-order valence-electron chi connectivity index (χ1n) is 12.1. The third-order valence-corrected chi connectivity index (χ3v) is 6.14. The van der Waals surface area contributed by atoms with Crippen molar-refractivity contribution in [3.8, 4) is 5.75 Å². The molecule has 2 rings (SSSR count). The van der Waals surface area contributed by atoms with Crippen molar-refractivity contribution in [2.75, 3.05) is 18.6 Å². The Balaban J connectivity index is 2.43. The Bertz CT molecular complexity index is 1290. The largest absolute Gasteiger partial charge is 0.482 e. The SMILES string of the molecule is C=C/C(=C\C)CN/C(=C\C(=N)CC)CN/C(=C\C(=N)Cl)c1ccc(F)cc1[C@@H](C)Oc1cc(Br)cnc1NO. The number of allylic oxidation sites excluding steroid dienone is 3. The van der Waals surface area contributed by atoms with Crippen molar-refractivity contribution in [1.29, 1.82) is 10.8 Å². The van der Waals surface area contributed by atoms with Crippen LogP contribution in [0, 0.1) is 16.6 Å². The summed E-state index contributed by atoms with van der Waals surface area (Å²) >= 11 is 9.29. The molecule has 1 aromatic heterocycles. The first-order valence-corrected chi connectivity index (χ1v) is 13.3. The van der Waals surface area contributed by atoms with Gasteiger partial charge in [-0.2, -0.15) is 0 Å². The first-order chi connectivity index (χ1) is 18.6. The van der Waals surface area contributed by atoms with Gasteiger partial charge < -0.3 is 20.8 Å². The number of hydrogen-bond donors (Lipinski definition) is 6. The minimum Gasteiger partial charge on any atom is -0.482 e. The second-order valence-electron chi connectivity index (χ2n) is 8.33. The number of aromatic nitrogens is 1. The van der Waals surface area contributed by atoms with E-state index < -0.39 is 11.9 Å². The monoisotopic (exact) mass is 618 g/mol. The van der Waals surface area contributed by atoms with Crippen LogP contribution in [-0.4, -0.2) is 34.2 Å². The third-order valence-electron chi connectivity index (χ3n) is 5.59. The maximum atomic E-state index is 14.4. The molecule has 1 aromatic carbocycles. The normalized spacial score (nSPS) is 12.9. The van der Waals surface area contributed by atoms with Crippen molar-refractivity contribution >= 4 is 49.9 Å². The molecule has 208 valence electrons. The number of pyridine rings is 1. The van der Waals surface area contributed by atoms with E-state index in [9.17, 15) is 9.60 Å². The van der Waals surface area contributed by atoms with E-state index in [-0.39, 0.29) is 23.3 Å². The molecule has 0 aliphatic heterocycles. The molecule has 0 saturated heterocycles. The zero-order valence-corrected chi connectivity index (χ0v) is 24.4. The lowest BCUT2D eigenvalue weighted by atomic mass is 9.99. The van der Waals surface area contributed by atoms with E-state index in [2.05, 4.69) is 38.1 Å². The number of anilines is 1. The highest BCUT2D eigenvalue weighted by atomic mass is 79.9. The summed E-state index contributed by atoms with van der Waals surface area (Å²) in [6.45, 7) is 10.1. The number of nitrogens with zero attached hydrogens (tertiary/aromatic N) is 1. The van der Waals surface area contributed by atoms with Gasteiger partial charge in [0.05, 0.1) is 6.54 Å². The highest BCUT2D eigenvalue weighted by molar-refractivity contribution is 9.10. The Morgan fingerprint density at radius 1 is 1.26 bits per heavy atom. The lowest BCUT2D eigenvalue weighted by Gasteiger charge is -2.22. The maximum absolute atomic E-state index is 14.4. The summed E-state index contributed by atoms with van der Waals surface area (Å²) in [7, 11) is 0. The van der Waals surface area contributed by atoms with Crippen LogP contribution in [0.5, 0.6) is 5.75 Å². The first kappa shape index (κ1) is 31.7. The van der Waals surface area contributed by atoms with Crippen molar-refractivity contribution in [3.63, 3.8) is 0 Å². The highest BCUT2D eigenvalue weighted by Crippen LogP contribution is 2.33. The topological polar surface area (TPSA) is 126 Å². The van der Waals surface area contributed by atoms with Crippen molar-refractivity contribution in [2.45, 2.75) is 33.3 Å². The fourth-order valence-corrected chi connectivity index (χ4v) is 3.91. The van der Waals surface area contributed by atoms with Crippen LogP contribution in [0.3, 0.4) is 0 Å². The van der Waals surface area contributed by atoms with Crippen LogP contribution in [0.25, 0.3) is 5.70 Å². The molecule has 0 amide bonds. The molecule has 0 aliphatic rings. The Morgan fingerprint density at radius 2 is 2.00 bits per heavy atom. The molecule has 0 aliphatic carbocycles. The molecule has 39 heavy (non-hydrogen) atoms. The predicted octanol–water partition coefficient (Wildman–Crippen LogP) is 7.11. The van der Waals surface area contributed by atoms with Crippen molar-refractivity contribution in [2.24, 2.45) is 0 Å². The van der Waals surface area contributed by atoms with Gasteiger partial charge in [-0.25, -0.2) is 14.9 Å². The van der Waals surface area contributed by atoms with Crippen LogP contribution in [-0.2, 0) is 0 Å². The number of rotatable bonds is 15. The number of halogens is 3. The molecule has 11 heteroatoms. The summed E-state index contributed by atoms with van der Waals surface area (Å²) in [4.78, 5) is 4.06. The summed E-state index contributed by atoms with van der Waals surface area (Å²) in [5, 5.41) is 31.8. The van der Waals surface area contributed by atoms with Crippen LogP contribution in [0.2, 0.25) is 0 Å². The second kappa shape index (κ2) is 15.8. The van der Waals surface area contributed by atoms with Crippen LogP contribution in [0.15, 0.2) is 77.1 Å². The van der Waals surface area contributed by atoms with Gasteiger partial charge in [-0.05, 0) is 78.2 Å². The summed E-state index contributed by atoms with van der Waals surface area (Å²) in [6, 6.07) is 5.85. The third kappa shape index (κ3) is 9.97. The molecule has 0 fully saturated rings. The van der Waals surface area contributed by atoms with Gasteiger partial charge in [0.2, 0.25) is 0 Å². The summed E-state index contributed by atoms with van der Waals surface area (Å²) in [5.41, 5.74) is 5.65. The number of hydrogen-bond acceptors (Lipinski definition) is 8. The van der Waals surface area contributed by atoms with Crippen LogP contribution < -0.4 is 20.9 Å². The molecule has 6 N–H and O–H groups in total. The Hall–Kier alpha value is -3.47. The van der Waals surface area contributed by atoms with Gasteiger partial charge in [0.1, 0.15) is 17.1 Å². The van der Waals surface area contributed by atoms with E-state index in [4.69, 9.17) is 27.2 Å². The van der Waals surface area contributed by atoms with Gasteiger partial charge in [0.25, 0.3) is 0 Å². The predicted molar refractivity (Wildman–Crippen MR) is 160 cm³/mol. The highest BCUT2D eigenvalue weighted by Gasteiger charge is 2.19. The Morgan fingerprint density at radius 3 is 2.62 bits per heavy atom. The standard InChI is InChI=1S/C28H33BrClFN6O2/c1-5-18(6-2)14-34-22(12-21(32)7-3)16-35-25(13-27(30)33)23-9-8-20(31)11-24(23)17(4)39-26-10-19(29)15-36-28(26)37-38/h5-6,8-13,15,17,32-35,38H,1,7,14,16H2,2-4H3,(H,36,37)/b18-6+,22-12-,25-13-,32-21?,33-27?/t17-/m1/s1. The summed E-state index contributed by atoms with van der Waals surface area (Å²) in [6.07, 6.45) is 8.23. The van der Waals surface area contributed by atoms with E-state index in [0.29, 0.717) is 40.0 Å². The van der Waals surface area contributed by atoms with Gasteiger partial charge in [0.15, 0.2) is 11.6 Å². The van der Waals surface area contributed by atoms with Crippen molar-refractivity contribution in [3.05, 3.63) is 94.0 Å².